The molecule has 0 radical (unpaired) electrons. The van der Waals surface area contributed by atoms with Gasteiger partial charge in [-0.05, 0) is 63.0 Å². The molecule has 2 aliphatic rings. The van der Waals surface area contributed by atoms with Crippen molar-refractivity contribution in [1.29, 1.82) is 0 Å². The molecule has 0 aromatic heterocycles. The van der Waals surface area contributed by atoms with Crippen LogP contribution in [0, 0.1) is 5.92 Å². The molecular formula is C19H25N3O4S. The molecule has 1 aromatic rings. The molecule has 1 amide bonds. The zero-order valence-electron chi connectivity index (χ0n) is 15.6. The zero-order valence-corrected chi connectivity index (χ0v) is 16.4. The quantitative estimate of drug-likeness (QED) is 0.715. The van der Waals surface area contributed by atoms with Gasteiger partial charge in [-0.15, -0.1) is 0 Å². The highest BCUT2D eigenvalue weighted by Crippen LogP contribution is 2.46. The van der Waals surface area contributed by atoms with Crippen molar-refractivity contribution in [1.82, 2.24) is 5.32 Å². The average molecular weight is 391 g/mol. The number of piperidine rings is 1. The van der Waals surface area contributed by atoms with Gasteiger partial charge in [0.25, 0.3) is 5.91 Å². The molecule has 1 atom stereocenters. The van der Waals surface area contributed by atoms with Crippen LogP contribution in [0.2, 0.25) is 0 Å². The number of rotatable bonds is 6. The lowest BCUT2D eigenvalue weighted by Crippen LogP contribution is -2.40. The van der Waals surface area contributed by atoms with Crippen LogP contribution >= 0.6 is 11.8 Å². The Balaban J connectivity index is 1.81. The fourth-order valence-corrected chi connectivity index (χ4v) is 4.95. The second-order valence-electron chi connectivity index (χ2n) is 6.60. The Morgan fingerprint density at radius 1 is 1.26 bits per heavy atom. The molecule has 0 aliphatic carbocycles. The standard InChI is InChI=1S/C19H25N3O4S/c1-12-17(18(20)24)27-19(13-7-9-21-10-8-13)22(12)14-3-5-15(6-4-14)26-11-16(23)25-2/h3-6,13,19,21H,7-11H2,1-2H3,(H2,20,24). The van der Waals surface area contributed by atoms with E-state index in [4.69, 9.17) is 10.5 Å². The van der Waals surface area contributed by atoms with Crippen LogP contribution in [0.25, 0.3) is 0 Å². The Kier molecular flexibility index (Phi) is 6.28. The first-order valence-corrected chi connectivity index (χ1v) is 9.86. The number of nitrogens with one attached hydrogen (secondary N) is 1. The summed E-state index contributed by atoms with van der Waals surface area (Å²) in [6, 6.07) is 7.51. The summed E-state index contributed by atoms with van der Waals surface area (Å²) in [5.74, 6) is 0.257. The van der Waals surface area contributed by atoms with E-state index in [0.717, 1.165) is 37.3 Å². The monoisotopic (exact) mass is 391 g/mol. The summed E-state index contributed by atoms with van der Waals surface area (Å²) in [4.78, 5) is 25.9. The van der Waals surface area contributed by atoms with Crippen molar-refractivity contribution in [2.24, 2.45) is 11.7 Å². The second kappa shape index (κ2) is 8.67. The van der Waals surface area contributed by atoms with Gasteiger partial charge < -0.3 is 25.4 Å². The molecular weight excluding hydrogens is 366 g/mol. The Hall–Kier alpha value is -2.19. The SMILES string of the molecule is COC(=O)COc1ccc(N2C(C)=C(C(N)=O)SC2C2CCNCC2)cc1. The van der Waals surface area contributed by atoms with Crippen LogP contribution in [0.4, 0.5) is 5.69 Å². The number of thioether (sulfide) groups is 1. The topological polar surface area (TPSA) is 93.9 Å². The third-order valence-electron chi connectivity index (χ3n) is 4.89. The average Bonchev–Trinajstić information content (AvgIpc) is 3.04. The lowest BCUT2D eigenvalue weighted by atomic mass is 9.96. The summed E-state index contributed by atoms with van der Waals surface area (Å²) < 4.78 is 9.99. The molecule has 1 fully saturated rings. The third-order valence-corrected chi connectivity index (χ3v) is 6.46. The van der Waals surface area contributed by atoms with E-state index in [0.29, 0.717) is 16.6 Å². The van der Waals surface area contributed by atoms with Gasteiger partial charge in [0, 0.05) is 11.4 Å². The van der Waals surface area contributed by atoms with E-state index in [2.05, 4.69) is 15.0 Å². The minimum atomic E-state index is -0.425. The van der Waals surface area contributed by atoms with Crippen LogP contribution < -0.4 is 20.7 Å². The third kappa shape index (κ3) is 4.39. The Morgan fingerprint density at radius 2 is 1.93 bits per heavy atom. The largest absolute Gasteiger partial charge is 0.482 e. The first-order valence-electron chi connectivity index (χ1n) is 8.98. The van der Waals surface area contributed by atoms with Gasteiger partial charge in [-0.1, -0.05) is 11.8 Å². The number of hydrogen-bond acceptors (Lipinski definition) is 7. The second-order valence-corrected chi connectivity index (χ2v) is 7.73. The number of hydrogen-bond donors (Lipinski definition) is 2. The molecule has 0 saturated carbocycles. The van der Waals surface area contributed by atoms with Gasteiger partial charge in [0.15, 0.2) is 6.61 Å². The van der Waals surface area contributed by atoms with Gasteiger partial charge in [-0.2, -0.15) is 0 Å². The van der Waals surface area contributed by atoms with Crippen LogP contribution in [0.15, 0.2) is 34.9 Å². The Labute approximate surface area is 163 Å². The van der Waals surface area contributed by atoms with E-state index in [-0.39, 0.29) is 17.9 Å². The first kappa shape index (κ1) is 19.6. The van der Waals surface area contributed by atoms with Crippen LogP contribution in [0.5, 0.6) is 5.75 Å². The maximum Gasteiger partial charge on any atom is 0.343 e. The number of allylic oxidation sites excluding steroid dienone is 1. The summed E-state index contributed by atoms with van der Waals surface area (Å²) >= 11 is 1.57. The number of anilines is 1. The summed E-state index contributed by atoms with van der Waals surface area (Å²) in [5.41, 5.74) is 7.47. The summed E-state index contributed by atoms with van der Waals surface area (Å²) in [7, 11) is 1.33. The number of ether oxygens (including phenoxy) is 2. The maximum absolute atomic E-state index is 11.9. The van der Waals surface area contributed by atoms with E-state index in [1.54, 1.807) is 11.8 Å². The summed E-state index contributed by atoms with van der Waals surface area (Å²) in [6.07, 6.45) is 2.13. The normalized spacial score (nSPS) is 20.7. The number of nitrogens with zero attached hydrogens (tertiary/aromatic N) is 1. The number of amides is 1. The van der Waals surface area contributed by atoms with Crippen molar-refractivity contribution < 1.29 is 19.1 Å². The molecule has 8 heteroatoms. The molecule has 3 N–H and O–H groups in total. The first-order chi connectivity index (χ1) is 13.0. The highest BCUT2D eigenvalue weighted by Gasteiger charge is 2.38. The van der Waals surface area contributed by atoms with Gasteiger partial charge in [-0.3, -0.25) is 4.79 Å². The smallest absolute Gasteiger partial charge is 0.343 e. The molecule has 2 heterocycles. The highest BCUT2D eigenvalue weighted by molar-refractivity contribution is 8.05. The number of methoxy groups -OCH3 is 1. The van der Waals surface area contributed by atoms with Crippen LogP contribution in [0.1, 0.15) is 19.8 Å². The number of nitrogens with two attached hydrogens (primary N) is 1. The number of primary amides is 1. The van der Waals surface area contributed by atoms with Crippen LogP contribution in [-0.2, 0) is 14.3 Å². The lowest BCUT2D eigenvalue weighted by molar-refractivity contribution is -0.142. The lowest BCUT2D eigenvalue weighted by Gasteiger charge is -2.35. The zero-order chi connectivity index (χ0) is 19.4. The molecule has 146 valence electrons. The number of benzene rings is 1. The number of esters is 1. The van der Waals surface area contributed by atoms with Gasteiger partial charge in [-0.25, -0.2) is 4.79 Å². The molecule has 0 bridgehead atoms. The Morgan fingerprint density at radius 3 is 2.52 bits per heavy atom. The molecule has 7 nitrogen and oxygen atoms in total. The molecule has 3 rings (SSSR count). The van der Waals surface area contributed by atoms with E-state index < -0.39 is 5.97 Å². The van der Waals surface area contributed by atoms with E-state index in [1.165, 1.54) is 7.11 Å². The van der Waals surface area contributed by atoms with Crippen molar-refractivity contribution in [2.75, 3.05) is 31.7 Å². The van der Waals surface area contributed by atoms with E-state index >= 15 is 0 Å². The minimum Gasteiger partial charge on any atom is -0.482 e. The highest BCUT2D eigenvalue weighted by atomic mass is 32.2. The summed E-state index contributed by atoms with van der Waals surface area (Å²) in [5, 5.41) is 3.54. The maximum atomic E-state index is 11.9. The van der Waals surface area contributed by atoms with E-state index in [1.807, 2.05) is 31.2 Å². The van der Waals surface area contributed by atoms with Gasteiger partial charge >= 0.3 is 5.97 Å². The minimum absolute atomic E-state index is 0.127. The molecule has 1 aromatic carbocycles. The fraction of sp³-hybridized carbons (Fsp3) is 0.474. The summed E-state index contributed by atoms with van der Waals surface area (Å²) in [6.45, 7) is 3.79. The molecule has 2 aliphatic heterocycles. The van der Waals surface area contributed by atoms with Crippen molar-refractivity contribution in [3.63, 3.8) is 0 Å². The predicted molar refractivity (Wildman–Crippen MR) is 105 cm³/mol. The van der Waals surface area contributed by atoms with Gasteiger partial charge in [0.2, 0.25) is 0 Å². The molecule has 0 spiro atoms. The molecule has 1 saturated heterocycles. The molecule has 27 heavy (non-hydrogen) atoms. The number of carbonyl (C=O) groups is 2. The van der Waals surface area contributed by atoms with Crippen molar-refractivity contribution in [3.8, 4) is 5.75 Å². The Bertz CT molecular complexity index is 729. The van der Waals surface area contributed by atoms with Crippen LogP contribution in [0.3, 0.4) is 0 Å². The number of carbonyl (C=O) groups excluding carboxylic acids is 2. The van der Waals surface area contributed by atoms with Crippen molar-refractivity contribution in [2.45, 2.75) is 25.1 Å². The van der Waals surface area contributed by atoms with Crippen molar-refractivity contribution >= 4 is 29.3 Å². The molecule has 1 unspecified atom stereocenters. The fourth-order valence-electron chi connectivity index (χ4n) is 3.48. The van der Waals surface area contributed by atoms with Gasteiger partial charge in [0.1, 0.15) is 5.75 Å². The van der Waals surface area contributed by atoms with E-state index in [9.17, 15) is 9.59 Å². The predicted octanol–water partition coefficient (Wildman–Crippen LogP) is 1.83. The van der Waals surface area contributed by atoms with Crippen LogP contribution in [-0.4, -0.2) is 44.1 Å². The van der Waals surface area contributed by atoms with Crippen molar-refractivity contribution in [3.05, 3.63) is 34.9 Å². The van der Waals surface area contributed by atoms with Gasteiger partial charge in [0.05, 0.1) is 17.4 Å².